The lowest BCUT2D eigenvalue weighted by Gasteiger charge is -2.42. The van der Waals surface area contributed by atoms with E-state index in [1.807, 2.05) is 0 Å². The van der Waals surface area contributed by atoms with Crippen LogP contribution in [0.2, 0.25) is 0 Å². The van der Waals surface area contributed by atoms with E-state index in [9.17, 15) is 5.11 Å². The molecule has 4 aromatic rings. The van der Waals surface area contributed by atoms with E-state index in [0.29, 0.717) is 0 Å². The van der Waals surface area contributed by atoms with Crippen LogP contribution in [0.1, 0.15) is 36.5 Å². The zero-order valence-electron chi connectivity index (χ0n) is 18.2. The monoisotopic (exact) mass is 410 g/mol. The van der Waals surface area contributed by atoms with Gasteiger partial charge in [-0.15, -0.1) is 0 Å². The number of benzene rings is 3. The number of aryl methyl sites for hydroxylation is 1. The Morgan fingerprint density at radius 1 is 0.903 bits per heavy atom. The molecule has 2 heterocycles. The summed E-state index contributed by atoms with van der Waals surface area (Å²) in [5, 5.41) is 13.6. The minimum atomic E-state index is -0.233. The third-order valence-electron chi connectivity index (χ3n) is 7.91. The van der Waals surface area contributed by atoms with Gasteiger partial charge in [-0.3, -0.25) is 4.90 Å². The molecule has 0 amide bonds. The number of rotatable bonds is 3. The van der Waals surface area contributed by atoms with Crippen LogP contribution < -0.4 is 0 Å². The molecule has 1 aromatic heterocycles. The minimum absolute atomic E-state index is 0.0360. The molecule has 0 radical (unpaired) electrons. The highest BCUT2D eigenvalue weighted by Gasteiger charge is 2.47. The number of nitrogens with zero attached hydrogens (tertiary/aromatic N) is 2. The van der Waals surface area contributed by atoms with Crippen molar-refractivity contribution in [3.63, 3.8) is 0 Å². The molecule has 158 valence electrons. The van der Waals surface area contributed by atoms with Gasteiger partial charge in [-0.05, 0) is 68.1 Å². The summed E-state index contributed by atoms with van der Waals surface area (Å²) >= 11 is 0. The molecular formula is C28H30N2O. The van der Waals surface area contributed by atoms with E-state index in [4.69, 9.17) is 0 Å². The van der Waals surface area contributed by atoms with Crippen LogP contribution in [0, 0.1) is 0 Å². The summed E-state index contributed by atoms with van der Waals surface area (Å²) in [7, 11) is 0. The summed E-state index contributed by atoms with van der Waals surface area (Å²) in [6.07, 6.45) is 2.67. The van der Waals surface area contributed by atoms with Crippen molar-refractivity contribution in [2.45, 2.75) is 50.8 Å². The first kappa shape index (κ1) is 19.1. The fourth-order valence-corrected chi connectivity index (χ4v) is 6.27. The van der Waals surface area contributed by atoms with Crippen LogP contribution in [0.15, 0.2) is 66.7 Å². The van der Waals surface area contributed by atoms with Crippen LogP contribution >= 0.6 is 0 Å². The predicted molar refractivity (Wildman–Crippen MR) is 127 cm³/mol. The van der Waals surface area contributed by atoms with E-state index in [1.54, 1.807) is 0 Å². The highest BCUT2D eigenvalue weighted by atomic mass is 16.3. The summed E-state index contributed by atoms with van der Waals surface area (Å²) in [6.45, 7) is 6.28. The van der Waals surface area contributed by atoms with Crippen molar-refractivity contribution in [1.82, 2.24) is 9.47 Å². The number of aliphatic hydroxyl groups is 1. The van der Waals surface area contributed by atoms with E-state index < -0.39 is 0 Å². The molecule has 6 rings (SSSR count). The number of fused-ring (bicyclic) bond motifs is 5. The van der Waals surface area contributed by atoms with Crippen LogP contribution in [0.3, 0.4) is 0 Å². The smallest absolute Gasteiger partial charge is 0.0678 e. The van der Waals surface area contributed by atoms with Crippen molar-refractivity contribution in [2.75, 3.05) is 13.1 Å². The van der Waals surface area contributed by atoms with Crippen molar-refractivity contribution in [3.05, 3.63) is 83.4 Å². The first-order valence-electron chi connectivity index (χ1n) is 11.7. The van der Waals surface area contributed by atoms with Crippen molar-refractivity contribution in [1.29, 1.82) is 0 Å². The molecule has 1 N–H and O–H groups in total. The van der Waals surface area contributed by atoms with Gasteiger partial charge in [-0.25, -0.2) is 0 Å². The molecule has 3 aromatic carbocycles. The summed E-state index contributed by atoms with van der Waals surface area (Å²) in [6, 6.07) is 24.4. The maximum absolute atomic E-state index is 10.9. The highest BCUT2D eigenvalue weighted by molar-refractivity contribution is 6.08. The molecule has 3 heteroatoms. The Hall–Kier alpha value is -2.62. The molecular weight excluding hydrogens is 380 g/mol. The predicted octanol–water partition coefficient (Wildman–Crippen LogP) is 5.27. The Bertz CT molecular complexity index is 1260. The lowest BCUT2D eigenvalue weighted by atomic mass is 9.72. The largest absolute Gasteiger partial charge is 0.392 e. The number of aromatic nitrogens is 1. The van der Waals surface area contributed by atoms with Crippen molar-refractivity contribution in [2.24, 2.45) is 0 Å². The maximum Gasteiger partial charge on any atom is 0.0678 e. The fourth-order valence-electron chi connectivity index (χ4n) is 6.27. The number of piperidine rings is 1. The Labute approximate surface area is 183 Å². The molecule has 1 atom stereocenters. The van der Waals surface area contributed by atoms with E-state index in [0.717, 1.165) is 45.4 Å². The van der Waals surface area contributed by atoms with Gasteiger partial charge in [0.25, 0.3) is 0 Å². The van der Waals surface area contributed by atoms with Gasteiger partial charge in [-0.2, -0.15) is 0 Å². The van der Waals surface area contributed by atoms with Crippen LogP contribution in [0.5, 0.6) is 0 Å². The zero-order chi connectivity index (χ0) is 21.0. The zero-order valence-corrected chi connectivity index (χ0v) is 18.2. The van der Waals surface area contributed by atoms with Gasteiger partial charge in [-0.1, -0.05) is 54.6 Å². The molecule has 2 aliphatic rings. The Kier molecular flexibility index (Phi) is 4.45. The van der Waals surface area contributed by atoms with E-state index in [2.05, 4.69) is 83.1 Å². The highest BCUT2D eigenvalue weighted by Crippen LogP contribution is 2.46. The van der Waals surface area contributed by atoms with Gasteiger partial charge in [0.2, 0.25) is 0 Å². The maximum atomic E-state index is 10.9. The van der Waals surface area contributed by atoms with Crippen molar-refractivity contribution in [3.8, 4) is 0 Å². The van der Waals surface area contributed by atoms with E-state index in [1.165, 1.54) is 38.5 Å². The van der Waals surface area contributed by atoms with E-state index in [-0.39, 0.29) is 11.5 Å². The second kappa shape index (κ2) is 7.22. The third kappa shape index (κ3) is 2.87. The average Bonchev–Trinajstić information content (AvgIpc) is 3.27. The number of likely N-dealkylation sites (tertiary alicyclic amines) is 1. The summed E-state index contributed by atoms with van der Waals surface area (Å²) in [4.78, 5) is 2.57. The first-order chi connectivity index (χ1) is 15.2. The number of hydrogen-bond donors (Lipinski definition) is 1. The second-order valence-corrected chi connectivity index (χ2v) is 9.42. The molecule has 1 spiro atoms. The second-order valence-electron chi connectivity index (χ2n) is 9.42. The molecule has 31 heavy (non-hydrogen) atoms. The van der Waals surface area contributed by atoms with Crippen molar-refractivity contribution < 1.29 is 5.11 Å². The SMILES string of the molecule is CCn1c2ccccc2c2ccc(CN3CCC4(CC3)c3ccccc3C[C@@H]4O)cc21. The number of para-hydroxylation sites is 1. The fraction of sp³-hybridized carbons (Fsp3) is 0.357. The Morgan fingerprint density at radius 2 is 1.65 bits per heavy atom. The Balaban J connectivity index is 1.25. The molecule has 3 nitrogen and oxygen atoms in total. The summed E-state index contributed by atoms with van der Waals surface area (Å²) in [5.74, 6) is 0. The quantitative estimate of drug-likeness (QED) is 0.499. The average molecular weight is 411 g/mol. The van der Waals surface area contributed by atoms with Gasteiger partial charge in [0, 0.05) is 40.3 Å². The normalized spacial score (nSPS) is 20.6. The number of hydrogen-bond acceptors (Lipinski definition) is 2. The van der Waals surface area contributed by atoms with Gasteiger partial charge < -0.3 is 9.67 Å². The van der Waals surface area contributed by atoms with Crippen LogP contribution in [-0.4, -0.2) is 33.8 Å². The summed E-state index contributed by atoms with van der Waals surface area (Å²) in [5.41, 5.74) is 6.76. The van der Waals surface area contributed by atoms with Gasteiger partial charge >= 0.3 is 0 Å². The molecule has 1 aliphatic carbocycles. The van der Waals surface area contributed by atoms with Gasteiger partial charge in [0.05, 0.1) is 6.10 Å². The lowest BCUT2D eigenvalue weighted by Crippen LogP contribution is -2.47. The Morgan fingerprint density at radius 3 is 2.48 bits per heavy atom. The standard InChI is InChI=1S/C28H30N2O/c1-2-30-25-10-6-4-8-22(25)23-12-11-20(17-26(23)30)19-29-15-13-28(14-16-29)24-9-5-3-7-21(24)18-27(28)31/h3-12,17,27,31H,2,13-16,18-19H2,1H3/t27-/m0/s1. The molecule has 0 bridgehead atoms. The molecule has 1 aliphatic heterocycles. The van der Waals surface area contributed by atoms with Crippen LogP contribution in [0.25, 0.3) is 21.8 Å². The summed E-state index contributed by atoms with van der Waals surface area (Å²) < 4.78 is 2.44. The van der Waals surface area contributed by atoms with Gasteiger partial charge in [0.1, 0.15) is 0 Å². The molecule has 0 unspecified atom stereocenters. The van der Waals surface area contributed by atoms with Crippen LogP contribution in [0.4, 0.5) is 0 Å². The molecule has 1 saturated heterocycles. The third-order valence-corrected chi connectivity index (χ3v) is 7.91. The van der Waals surface area contributed by atoms with E-state index >= 15 is 0 Å². The molecule has 0 saturated carbocycles. The molecule has 1 fully saturated rings. The minimum Gasteiger partial charge on any atom is -0.392 e. The number of aliphatic hydroxyl groups excluding tert-OH is 1. The topological polar surface area (TPSA) is 28.4 Å². The lowest BCUT2D eigenvalue weighted by molar-refractivity contribution is 0.0414. The van der Waals surface area contributed by atoms with Crippen molar-refractivity contribution >= 4 is 21.8 Å². The van der Waals surface area contributed by atoms with Gasteiger partial charge in [0.15, 0.2) is 0 Å². The first-order valence-corrected chi connectivity index (χ1v) is 11.7. The van der Waals surface area contributed by atoms with Crippen LogP contribution in [-0.2, 0) is 24.9 Å².